The summed E-state index contributed by atoms with van der Waals surface area (Å²) in [5.41, 5.74) is 2.16. The molecule has 0 bridgehead atoms. The van der Waals surface area contributed by atoms with Crippen molar-refractivity contribution in [2.24, 2.45) is 0 Å². The normalized spacial score (nSPS) is 16.2. The number of nitrogens with one attached hydrogen (secondary N) is 4. The van der Waals surface area contributed by atoms with Crippen LogP contribution in [-0.2, 0) is 11.3 Å². The predicted molar refractivity (Wildman–Crippen MR) is 178 cm³/mol. The largest absolute Gasteiger partial charge is 0.486 e. The first kappa shape index (κ1) is 32.6. The lowest BCUT2D eigenvalue weighted by Crippen LogP contribution is -2.51. The lowest BCUT2D eigenvalue weighted by Gasteiger charge is -2.35. The molecule has 11 nitrogen and oxygen atoms in total. The van der Waals surface area contributed by atoms with Gasteiger partial charge in [-0.15, -0.1) is 0 Å². The lowest BCUT2D eigenvalue weighted by atomic mass is 10.0. The number of urea groups is 1. The van der Waals surface area contributed by atoms with Gasteiger partial charge in [0.15, 0.2) is 11.5 Å². The molecule has 11 heteroatoms. The van der Waals surface area contributed by atoms with Crippen molar-refractivity contribution >= 4 is 35.1 Å². The van der Waals surface area contributed by atoms with Crippen LogP contribution in [0.2, 0.25) is 0 Å². The van der Waals surface area contributed by atoms with E-state index in [4.69, 9.17) is 14.2 Å². The molecule has 2 aliphatic rings. The Morgan fingerprint density at radius 3 is 2.28 bits per heavy atom. The maximum absolute atomic E-state index is 13.8. The number of carbonyl (C=O) groups excluding carboxylic acids is 3. The molecule has 244 valence electrons. The Kier molecular flexibility index (Phi) is 10.3. The summed E-state index contributed by atoms with van der Waals surface area (Å²) in [6.07, 6.45) is 2.23. The van der Waals surface area contributed by atoms with Crippen LogP contribution in [0.3, 0.4) is 0 Å². The van der Waals surface area contributed by atoms with Crippen molar-refractivity contribution in [3.63, 3.8) is 0 Å². The van der Waals surface area contributed by atoms with Crippen LogP contribution in [0.15, 0.2) is 66.7 Å². The van der Waals surface area contributed by atoms with Crippen LogP contribution < -0.4 is 30.7 Å². The van der Waals surface area contributed by atoms with Gasteiger partial charge < -0.3 is 35.1 Å². The van der Waals surface area contributed by atoms with Gasteiger partial charge >= 0.3 is 12.1 Å². The standard InChI is InChI=1S/C35H43N5O6/c1-5-29(28-11-8-18-36-28)40(33(42)37-25-16-17-30-31(21-25)45-20-19-44-30)22-23-12-14-24(15-13-23)32(41)38-26-9-6-7-10-27(26)39-34(43)46-35(2,3)4/h6-7,9-10,12-17,21,28-29,36H,5,8,11,18-20,22H2,1-4H3,(H,37,42)(H,38,41)(H,39,43). The molecule has 2 unspecified atom stereocenters. The van der Waals surface area contributed by atoms with E-state index in [1.54, 1.807) is 69.3 Å². The first-order valence-corrected chi connectivity index (χ1v) is 15.8. The van der Waals surface area contributed by atoms with Crippen LogP contribution in [0, 0.1) is 0 Å². The Balaban J connectivity index is 1.29. The Bertz CT molecular complexity index is 1530. The topological polar surface area (TPSA) is 130 Å². The second-order valence-electron chi connectivity index (χ2n) is 12.4. The number of carbonyl (C=O) groups is 3. The third kappa shape index (κ3) is 8.48. The molecule has 2 heterocycles. The van der Waals surface area contributed by atoms with Gasteiger partial charge in [0.2, 0.25) is 0 Å². The van der Waals surface area contributed by atoms with Crippen molar-refractivity contribution < 1.29 is 28.6 Å². The minimum Gasteiger partial charge on any atom is -0.486 e. The van der Waals surface area contributed by atoms with Gasteiger partial charge in [-0.2, -0.15) is 0 Å². The predicted octanol–water partition coefficient (Wildman–Crippen LogP) is 6.62. The van der Waals surface area contributed by atoms with E-state index in [1.807, 2.05) is 23.1 Å². The van der Waals surface area contributed by atoms with Crippen LogP contribution in [0.25, 0.3) is 0 Å². The third-order valence-electron chi connectivity index (χ3n) is 7.82. The van der Waals surface area contributed by atoms with E-state index >= 15 is 0 Å². The number of para-hydroxylation sites is 2. The van der Waals surface area contributed by atoms with E-state index in [0.717, 1.165) is 31.4 Å². The molecule has 0 saturated carbocycles. The zero-order valence-electron chi connectivity index (χ0n) is 26.9. The van der Waals surface area contributed by atoms with E-state index in [2.05, 4.69) is 28.2 Å². The smallest absolute Gasteiger partial charge is 0.412 e. The summed E-state index contributed by atoms with van der Waals surface area (Å²) < 4.78 is 16.7. The van der Waals surface area contributed by atoms with Crippen molar-refractivity contribution in [1.82, 2.24) is 10.2 Å². The first-order valence-electron chi connectivity index (χ1n) is 15.8. The molecule has 46 heavy (non-hydrogen) atoms. The molecular formula is C35H43N5O6. The van der Waals surface area contributed by atoms with Crippen LogP contribution >= 0.6 is 0 Å². The number of hydrogen-bond donors (Lipinski definition) is 4. The number of rotatable bonds is 9. The monoisotopic (exact) mass is 629 g/mol. The maximum atomic E-state index is 13.8. The minimum absolute atomic E-state index is 0.0309. The van der Waals surface area contributed by atoms with Crippen molar-refractivity contribution in [3.8, 4) is 11.5 Å². The molecule has 3 aromatic carbocycles. The van der Waals surface area contributed by atoms with E-state index in [0.29, 0.717) is 53.9 Å². The Labute approximate surface area is 270 Å². The maximum Gasteiger partial charge on any atom is 0.412 e. The van der Waals surface area contributed by atoms with Gasteiger partial charge in [0.1, 0.15) is 18.8 Å². The zero-order chi connectivity index (χ0) is 32.7. The molecule has 2 aliphatic heterocycles. The van der Waals surface area contributed by atoms with Gasteiger partial charge in [-0.1, -0.05) is 31.2 Å². The van der Waals surface area contributed by atoms with Crippen molar-refractivity contribution in [3.05, 3.63) is 77.9 Å². The summed E-state index contributed by atoms with van der Waals surface area (Å²) in [4.78, 5) is 41.2. The second-order valence-corrected chi connectivity index (χ2v) is 12.4. The zero-order valence-corrected chi connectivity index (χ0v) is 26.9. The molecular weight excluding hydrogens is 586 g/mol. The fraction of sp³-hybridized carbons (Fsp3) is 0.400. The van der Waals surface area contributed by atoms with Crippen LogP contribution in [-0.4, -0.2) is 60.4 Å². The Hall–Kier alpha value is -4.77. The Morgan fingerprint density at radius 2 is 1.63 bits per heavy atom. The third-order valence-corrected chi connectivity index (χ3v) is 7.82. The molecule has 0 spiro atoms. The highest BCUT2D eigenvalue weighted by molar-refractivity contribution is 6.06. The number of ether oxygens (including phenoxy) is 3. The van der Waals surface area contributed by atoms with Gasteiger partial charge in [-0.25, -0.2) is 9.59 Å². The molecule has 5 rings (SSSR count). The number of nitrogens with zero attached hydrogens (tertiary/aromatic N) is 1. The number of amides is 4. The number of benzene rings is 3. The molecule has 3 aromatic rings. The van der Waals surface area contributed by atoms with Crippen LogP contribution in [0.1, 0.15) is 62.9 Å². The van der Waals surface area contributed by atoms with Crippen LogP contribution in [0.5, 0.6) is 11.5 Å². The average molecular weight is 630 g/mol. The van der Waals surface area contributed by atoms with Crippen molar-refractivity contribution in [2.75, 3.05) is 35.7 Å². The van der Waals surface area contributed by atoms with Gasteiger partial charge in [0, 0.05) is 35.9 Å². The van der Waals surface area contributed by atoms with Crippen molar-refractivity contribution in [1.29, 1.82) is 0 Å². The molecule has 0 aromatic heterocycles. The minimum atomic E-state index is -0.656. The average Bonchev–Trinajstić information content (AvgIpc) is 3.56. The van der Waals surface area contributed by atoms with E-state index in [1.165, 1.54) is 0 Å². The molecule has 2 atom stereocenters. The quantitative estimate of drug-likeness (QED) is 0.209. The van der Waals surface area contributed by atoms with Crippen molar-refractivity contribution in [2.45, 2.75) is 71.2 Å². The highest BCUT2D eigenvalue weighted by Gasteiger charge is 2.32. The highest BCUT2D eigenvalue weighted by Crippen LogP contribution is 2.33. The summed E-state index contributed by atoms with van der Waals surface area (Å²) in [5, 5.41) is 12.2. The summed E-state index contributed by atoms with van der Waals surface area (Å²) in [6, 6.07) is 19.5. The Morgan fingerprint density at radius 1 is 0.935 bits per heavy atom. The number of anilines is 3. The highest BCUT2D eigenvalue weighted by atomic mass is 16.6. The summed E-state index contributed by atoms with van der Waals surface area (Å²) in [5.74, 6) is 0.937. The fourth-order valence-electron chi connectivity index (χ4n) is 5.69. The number of hydrogen-bond acceptors (Lipinski definition) is 7. The van der Waals surface area contributed by atoms with Gasteiger partial charge in [-0.05, 0) is 88.5 Å². The summed E-state index contributed by atoms with van der Waals surface area (Å²) in [7, 11) is 0. The first-order chi connectivity index (χ1) is 22.1. The second kappa shape index (κ2) is 14.6. The van der Waals surface area contributed by atoms with Gasteiger partial charge in [0.25, 0.3) is 5.91 Å². The summed E-state index contributed by atoms with van der Waals surface area (Å²) >= 11 is 0. The van der Waals surface area contributed by atoms with E-state index in [9.17, 15) is 14.4 Å². The number of fused-ring (bicyclic) bond motifs is 1. The molecule has 4 amide bonds. The van der Waals surface area contributed by atoms with Gasteiger partial charge in [0.05, 0.1) is 11.4 Å². The SMILES string of the molecule is CCC(C1CCCN1)N(Cc1ccc(C(=O)Nc2ccccc2NC(=O)OC(C)(C)C)cc1)C(=O)Nc1ccc2c(c1)OCCO2. The van der Waals surface area contributed by atoms with E-state index < -0.39 is 11.7 Å². The summed E-state index contributed by atoms with van der Waals surface area (Å²) in [6.45, 7) is 9.69. The lowest BCUT2D eigenvalue weighted by molar-refractivity contribution is 0.0635. The molecule has 4 N–H and O–H groups in total. The fourth-order valence-corrected chi connectivity index (χ4v) is 5.69. The van der Waals surface area contributed by atoms with Gasteiger partial charge in [-0.3, -0.25) is 10.1 Å². The van der Waals surface area contributed by atoms with E-state index in [-0.39, 0.29) is 24.0 Å². The molecule has 0 radical (unpaired) electrons. The molecule has 1 saturated heterocycles. The molecule has 0 aliphatic carbocycles. The van der Waals surface area contributed by atoms with Crippen LogP contribution in [0.4, 0.5) is 26.7 Å². The molecule has 1 fully saturated rings.